The molecule has 0 spiro atoms. The van der Waals surface area contributed by atoms with Crippen molar-refractivity contribution in [1.82, 2.24) is 4.90 Å². The van der Waals surface area contributed by atoms with Crippen molar-refractivity contribution in [3.05, 3.63) is 0 Å². The molecule has 2 aliphatic rings. The van der Waals surface area contributed by atoms with Crippen LogP contribution < -0.4 is 5.73 Å². The van der Waals surface area contributed by atoms with E-state index in [1.54, 1.807) is 0 Å². The summed E-state index contributed by atoms with van der Waals surface area (Å²) < 4.78 is 5.58. The zero-order chi connectivity index (χ0) is 12.1. The van der Waals surface area contributed by atoms with E-state index in [2.05, 4.69) is 11.8 Å². The van der Waals surface area contributed by atoms with Crippen LogP contribution in [0.15, 0.2) is 0 Å². The Morgan fingerprint density at radius 1 is 1.18 bits per heavy atom. The summed E-state index contributed by atoms with van der Waals surface area (Å²) in [7, 11) is 0. The zero-order valence-electron chi connectivity index (χ0n) is 11.2. The highest BCUT2D eigenvalue weighted by atomic mass is 16.5. The molecule has 0 aromatic heterocycles. The maximum atomic E-state index is 6.20. The molecule has 0 amide bonds. The van der Waals surface area contributed by atoms with Crippen LogP contribution in [0, 0.1) is 5.92 Å². The molecule has 100 valence electrons. The molecule has 17 heavy (non-hydrogen) atoms. The van der Waals surface area contributed by atoms with Crippen LogP contribution in [-0.4, -0.2) is 43.3 Å². The number of hydrogen-bond acceptors (Lipinski definition) is 3. The first-order chi connectivity index (χ1) is 8.31. The Morgan fingerprint density at radius 2 is 1.94 bits per heavy atom. The molecule has 0 aromatic carbocycles. The highest BCUT2D eigenvalue weighted by Crippen LogP contribution is 2.24. The van der Waals surface area contributed by atoms with Crippen molar-refractivity contribution in [3.63, 3.8) is 0 Å². The van der Waals surface area contributed by atoms with E-state index in [-0.39, 0.29) is 0 Å². The van der Waals surface area contributed by atoms with E-state index in [1.165, 1.54) is 32.1 Å². The van der Waals surface area contributed by atoms with Gasteiger partial charge < -0.3 is 15.4 Å². The number of nitrogens with two attached hydrogens (primary N) is 1. The maximum absolute atomic E-state index is 6.20. The lowest BCUT2D eigenvalue weighted by Gasteiger charge is -2.38. The van der Waals surface area contributed by atoms with E-state index in [0.717, 1.165) is 38.8 Å². The minimum atomic E-state index is 0.349. The Labute approximate surface area is 106 Å². The summed E-state index contributed by atoms with van der Waals surface area (Å²) in [6.07, 6.45) is 8.06. The summed E-state index contributed by atoms with van der Waals surface area (Å²) in [6.45, 7) is 6.30. The molecule has 0 aromatic rings. The zero-order valence-corrected chi connectivity index (χ0v) is 11.2. The summed E-state index contributed by atoms with van der Waals surface area (Å²) in [4.78, 5) is 2.65. The van der Waals surface area contributed by atoms with Gasteiger partial charge >= 0.3 is 0 Å². The van der Waals surface area contributed by atoms with Gasteiger partial charge in [-0.15, -0.1) is 0 Å². The maximum Gasteiger partial charge on any atom is 0.0521 e. The topological polar surface area (TPSA) is 38.5 Å². The van der Waals surface area contributed by atoms with Crippen LogP contribution in [0.3, 0.4) is 0 Å². The van der Waals surface area contributed by atoms with Gasteiger partial charge in [-0.2, -0.15) is 0 Å². The summed E-state index contributed by atoms with van der Waals surface area (Å²) in [6, 6.07) is 1.16. The van der Waals surface area contributed by atoms with Gasteiger partial charge in [-0.1, -0.05) is 26.2 Å². The third-order valence-electron chi connectivity index (χ3n) is 4.50. The van der Waals surface area contributed by atoms with Crippen molar-refractivity contribution in [2.24, 2.45) is 11.7 Å². The summed E-state index contributed by atoms with van der Waals surface area (Å²) in [5, 5.41) is 0. The Morgan fingerprint density at radius 3 is 2.59 bits per heavy atom. The van der Waals surface area contributed by atoms with Crippen molar-refractivity contribution in [2.45, 2.75) is 57.5 Å². The molecule has 1 aliphatic heterocycles. The van der Waals surface area contributed by atoms with E-state index in [0.29, 0.717) is 12.0 Å². The largest absolute Gasteiger partial charge is 0.381 e. The van der Waals surface area contributed by atoms with Crippen molar-refractivity contribution in [3.8, 4) is 0 Å². The van der Waals surface area contributed by atoms with Gasteiger partial charge in [-0.3, -0.25) is 0 Å². The monoisotopic (exact) mass is 240 g/mol. The molecule has 0 radical (unpaired) electrons. The van der Waals surface area contributed by atoms with Crippen molar-refractivity contribution >= 4 is 0 Å². The normalized spacial score (nSPS) is 31.9. The fraction of sp³-hybridized carbons (Fsp3) is 1.00. The van der Waals surface area contributed by atoms with Gasteiger partial charge in [0.25, 0.3) is 0 Å². The fourth-order valence-corrected chi connectivity index (χ4v) is 3.29. The van der Waals surface area contributed by atoms with Crippen LogP contribution >= 0.6 is 0 Å². The van der Waals surface area contributed by atoms with Gasteiger partial charge in [0.05, 0.1) is 6.61 Å². The molecular formula is C14H28N2O. The highest BCUT2D eigenvalue weighted by Gasteiger charge is 2.27. The van der Waals surface area contributed by atoms with Crippen molar-refractivity contribution in [2.75, 3.05) is 26.3 Å². The average Bonchev–Trinajstić information content (AvgIpc) is 2.39. The SMILES string of the molecule is CCN(CC1COCCC1N)C1CCCCC1. The lowest BCUT2D eigenvalue weighted by atomic mass is 9.91. The van der Waals surface area contributed by atoms with E-state index >= 15 is 0 Å². The van der Waals surface area contributed by atoms with E-state index in [1.807, 2.05) is 0 Å². The second-order valence-electron chi connectivity index (χ2n) is 5.67. The standard InChI is InChI=1S/C14H28N2O/c1-2-16(13-6-4-3-5-7-13)10-12-11-17-9-8-14(12)15/h12-14H,2-11,15H2,1H3. The third-order valence-corrected chi connectivity index (χ3v) is 4.50. The van der Waals surface area contributed by atoms with E-state index in [4.69, 9.17) is 10.5 Å². The van der Waals surface area contributed by atoms with Crippen LogP contribution in [0.2, 0.25) is 0 Å². The van der Waals surface area contributed by atoms with Gasteiger partial charge in [0.2, 0.25) is 0 Å². The van der Waals surface area contributed by atoms with Crippen molar-refractivity contribution in [1.29, 1.82) is 0 Å². The molecule has 3 nitrogen and oxygen atoms in total. The molecular weight excluding hydrogens is 212 g/mol. The predicted molar refractivity (Wildman–Crippen MR) is 71.0 cm³/mol. The first-order valence-corrected chi connectivity index (χ1v) is 7.38. The van der Waals surface area contributed by atoms with E-state index in [9.17, 15) is 0 Å². The number of hydrogen-bond donors (Lipinski definition) is 1. The molecule has 3 heteroatoms. The molecule has 2 atom stereocenters. The van der Waals surface area contributed by atoms with Gasteiger partial charge in [-0.25, -0.2) is 0 Å². The Bertz CT molecular complexity index is 216. The smallest absolute Gasteiger partial charge is 0.0521 e. The molecule has 2 N–H and O–H groups in total. The second kappa shape index (κ2) is 6.72. The Balaban J connectivity index is 1.84. The van der Waals surface area contributed by atoms with Crippen LogP contribution in [0.5, 0.6) is 0 Å². The second-order valence-corrected chi connectivity index (χ2v) is 5.67. The fourth-order valence-electron chi connectivity index (χ4n) is 3.29. The molecule has 2 rings (SSSR count). The van der Waals surface area contributed by atoms with E-state index < -0.39 is 0 Å². The molecule has 2 fully saturated rings. The first kappa shape index (κ1) is 13.3. The molecule has 0 bridgehead atoms. The lowest BCUT2D eigenvalue weighted by molar-refractivity contribution is 0.0166. The summed E-state index contributed by atoms with van der Waals surface area (Å²) in [5.74, 6) is 0.547. The van der Waals surface area contributed by atoms with Gasteiger partial charge in [0.15, 0.2) is 0 Å². The van der Waals surface area contributed by atoms with Gasteiger partial charge in [0, 0.05) is 31.2 Å². The quantitative estimate of drug-likeness (QED) is 0.817. The highest BCUT2D eigenvalue weighted by molar-refractivity contribution is 4.83. The number of rotatable bonds is 4. The molecule has 1 saturated carbocycles. The van der Waals surface area contributed by atoms with Crippen LogP contribution in [-0.2, 0) is 4.74 Å². The summed E-state index contributed by atoms with van der Waals surface area (Å²) >= 11 is 0. The minimum absolute atomic E-state index is 0.349. The van der Waals surface area contributed by atoms with Gasteiger partial charge in [0.1, 0.15) is 0 Å². The lowest BCUT2D eigenvalue weighted by Crippen LogP contribution is -2.48. The first-order valence-electron chi connectivity index (χ1n) is 7.38. The van der Waals surface area contributed by atoms with Gasteiger partial charge in [-0.05, 0) is 25.8 Å². The number of ether oxygens (including phenoxy) is 1. The van der Waals surface area contributed by atoms with Crippen LogP contribution in [0.1, 0.15) is 45.4 Å². The number of nitrogens with zero attached hydrogens (tertiary/aromatic N) is 1. The average molecular weight is 240 g/mol. The molecule has 2 unspecified atom stereocenters. The van der Waals surface area contributed by atoms with Crippen molar-refractivity contribution < 1.29 is 4.74 Å². The van der Waals surface area contributed by atoms with Crippen LogP contribution in [0.25, 0.3) is 0 Å². The van der Waals surface area contributed by atoms with Crippen LogP contribution in [0.4, 0.5) is 0 Å². The molecule has 1 heterocycles. The summed E-state index contributed by atoms with van der Waals surface area (Å²) in [5.41, 5.74) is 6.20. The molecule has 1 saturated heterocycles. The minimum Gasteiger partial charge on any atom is -0.381 e. The predicted octanol–water partition coefficient (Wildman–Crippen LogP) is 2.00. The molecule has 1 aliphatic carbocycles. The third kappa shape index (κ3) is 3.67. The Kier molecular flexibility index (Phi) is 5.26. The Hall–Kier alpha value is -0.120.